The molecule has 0 atom stereocenters. The van der Waals surface area contributed by atoms with E-state index in [-0.39, 0.29) is 11.6 Å². The van der Waals surface area contributed by atoms with Gasteiger partial charge in [0.05, 0.1) is 12.8 Å². The van der Waals surface area contributed by atoms with Crippen molar-refractivity contribution in [2.24, 2.45) is 7.05 Å². The van der Waals surface area contributed by atoms with Crippen LogP contribution in [0.3, 0.4) is 0 Å². The van der Waals surface area contributed by atoms with E-state index in [0.717, 1.165) is 33.5 Å². The van der Waals surface area contributed by atoms with Crippen molar-refractivity contribution in [2.75, 3.05) is 7.11 Å². The Bertz CT molecular complexity index is 1230. The Morgan fingerprint density at radius 2 is 1.93 bits per heavy atom. The third-order valence-electron chi connectivity index (χ3n) is 5.21. The van der Waals surface area contributed by atoms with E-state index in [4.69, 9.17) is 4.74 Å². The maximum atomic E-state index is 12.6. The molecule has 144 valence electrons. The Balaban J connectivity index is 1.91. The van der Waals surface area contributed by atoms with E-state index < -0.39 is 0 Å². The molecule has 2 aromatic carbocycles. The van der Waals surface area contributed by atoms with E-state index in [1.807, 2.05) is 43.4 Å². The molecule has 0 aliphatic heterocycles. The number of rotatable bonds is 4. The molecule has 0 saturated carbocycles. The minimum absolute atomic E-state index is 0.259. The number of aromatic nitrogens is 4. The van der Waals surface area contributed by atoms with Crippen LogP contribution in [-0.2, 0) is 7.05 Å². The molecule has 6 heteroatoms. The Kier molecular flexibility index (Phi) is 4.34. The van der Waals surface area contributed by atoms with Gasteiger partial charge in [0.15, 0.2) is 5.82 Å². The molecular formula is C22H24N4O2. The number of benzene rings is 2. The van der Waals surface area contributed by atoms with Crippen molar-refractivity contribution >= 4 is 10.9 Å². The summed E-state index contributed by atoms with van der Waals surface area (Å²) < 4.78 is 9.19. The highest BCUT2D eigenvalue weighted by Crippen LogP contribution is 2.31. The first-order chi connectivity index (χ1) is 13.4. The molecule has 0 saturated heterocycles. The Hall–Kier alpha value is -3.28. The average Bonchev–Trinajstić information content (AvgIpc) is 3.20. The highest BCUT2D eigenvalue weighted by molar-refractivity contribution is 5.86. The third kappa shape index (κ3) is 2.81. The number of nitrogens with one attached hydrogen (secondary N) is 1. The van der Waals surface area contributed by atoms with Crippen LogP contribution in [0.1, 0.15) is 30.9 Å². The van der Waals surface area contributed by atoms with Crippen molar-refractivity contribution in [2.45, 2.75) is 26.7 Å². The number of nitrogens with zero attached hydrogens (tertiary/aromatic N) is 3. The van der Waals surface area contributed by atoms with Crippen molar-refractivity contribution < 1.29 is 4.74 Å². The maximum absolute atomic E-state index is 12.6. The molecule has 2 aromatic heterocycles. The van der Waals surface area contributed by atoms with Crippen molar-refractivity contribution in [3.8, 4) is 22.8 Å². The van der Waals surface area contributed by atoms with Crippen LogP contribution >= 0.6 is 0 Å². The molecular weight excluding hydrogens is 352 g/mol. The van der Waals surface area contributed by atoms with E-state index in [0.29, 0.717) is 5.82 Å². The van der Waals surface area contributed by atoms with Gasteiger partial charge in [0.25, 0.3) is 0 Å². The second-order valence-corrected chi connectivity index (χ2v) is 7.42. The van der Waals surface area contributed by atoms with Crippen LogP contribution in [0.2, 0.25) is 0 Å². The zero-order valence-electron chi connectivity index (χ0n) is 16.8. The number of hydrogen-bond donors (Lipinski definition) is 1. The van der Waals surface area contributed by atoms with Crippen LogP contribution in [0.15, 0.2) is 47.4 Å². The van der Waals surface area contributed by atoms with Crippen LogP contribution in [-0.4, -0.2) is 26.4 Å². The SMILES string of the molecule is COc1ccc(-c2n[nH]c(=O)n2-c2ccc3c(c2)c(C)cn3C)cc1C(C)C. The van der Waals surface area contributed by atoms with Gasteiger partial charge in [0, 0.05) is 29.7 Å². The van der Waals surface area contributed by atoms with Crippen molar-refractivity contribution in [3.05, 3.63) is 64.2 Å². The predicted octanol–water partition coefficient (Wildman–Crippen LogP) is 4.16. The van der Waals surface area contributed by atoms with Gasteiger partial charge in [-0.3, -0.25) is 0 Å². The Labute approximate surface area is 163 Å². The summed E-state index contributed by atoms with van der Waals surface area (Å²) in [6, 6.07) is 11.9. The molecule has 1 N–H and O–H groups in total. The lowest BCUT2D eigenvalue weighted by Gasteiger charge is -2.14. The maximum Gasteiger partial charge on any atom is 0.348 e. The molecule has 2 heterocycles. The zero-order valence-corrected chi connectivity index (χ0v) is 16.8. The van der Waals surface area contributed by atoms with Gasteiger partial charge in [0.1, 0.15) is 5.75 Å². The second kappa shape index (κ2) is 6.71. The lowest BCUT2D eigenvalue weighted by Crippen LogP contribution is -2.15. The summed E-state index contributed by atoms with van der Waals surface area (Å²) in [6.07, 6.45) is 2.09. The molecule has 0 radical (unpaired) electrons. The van der Waals surface area contributed by atoms with Crippen LogP contribution in [0.4, 0.5) is 0 Å². The zero-order chi connectivity index (χ0) is 20.0. The first-order valence-corrected chi connectivity index (χ1v) is 9.32. The summed E-state index contributed by atoms with van der Waals surface area (Å²) in [5.74, 6) is 1.71. The second-order valence-electron chi connectivity index (χ2n) is 7.42. The minimum atomic E-state index is -0.259. The van der Waals surface area contributed by atoms with Gasteiger partial charge >= 0.3 is 5.69 Å². The molecule has 0 spiro atoms. The first kappa shape index (κ1) is 18.1. The van der Waals surface area contributed by atoms with Crippen molar-refractivity contribution in [1.29, 1.82) is 0 Å². The number of methoxy groups -OCH3 is 1. The fraction of sp³-hybridized carbons (Fsp3) is 0.273. The molecule has 4 aromatic rings. The van der Waals surface area contributed by atoms with Gasteiger partial charge in [-0.15, -0.1) is 0 Å². The lowest BCUT2D eigenvalue weighted by molar-refractivity contribution is 0.407. The number of aromatic amines is 1. The Morgan fingerprint density at radius 1 is 1.14 bits per heavy atom. The fourth-order valence-corrected chi connectivity index (χ4v) is 3.77. The highest BCUT2D eigenvalue weighted by Gasteiger charge is 2.17. The average molecular weight is 376 g/mol. The monoisotopic (exact) mass is 376 g/mol. The molecule has 4 rings (SSSR count). The van der Waals surface area contributed by atoms with E-state index in [2.05, 4.69) is 41.7 Å². The summed E-state index contributed by atoms with van der Waals surface area (Å²) in [4.78, 5) is 12.6. The highest BCUT2D eigenvalue weighted by atomic mass is 16.5. The molecule has 0 unspecified atom stereocenters. The summed E-state index contributed by atoms with van der Waals surface area (Å²) in [5, 5.41) is 8.03. The number of H-pyrrole nitrogens is 1. The summed E-state index contributed by atoms with van der Waals surface area (Å²) in [6.45, 7) is 6.31. The lowest BCUT2D eigenvalue weighted by atomic mass is 9.99. The van der Waals surface area contributed by atoms with E-state index in [1.54, 1.807) is 11.7 Å². The number of fused-ring (bicyclic) bond motifs is 1. The fourth-order valence-electron chi connectivity index (χ4n) is 3.77. The van der Waals surface area contributed by atoms with Gasteiger partial charge in [0.2, 0.25) is 0 Å². The van der Waals surface area contributed by atoms with Gasteiger partial charge in [-0.05, 0) is 60.4 Å². The summed E-state index contributed by atoms with van der Waals surface area (Å²) in [5.41, 5.74) is 4.78. The van der Waals surface area contributed by atoms with Crippen LogP contribution in [0.5, 0.6) is 5.75 Å². The molecule has 0 bridgehead atoms. The van der Waals surface area contributed by atoms with Gasteiger partial charge in [-0.25, -0.2) is 14.5 Å². The van der Waals surface area contributed by atoms with Gasteiger partial charge < -0.3 is 9.30 Å². The topological polar surface area (TPSA) is 64.8 Å². The van der Waals surface area contributed by atoms with E-state index >= 15 is 0 Å². The summed E-state index contributed by atoms with van der Waals surface area (Å²) in [7, 11) is 3.69. The quantitative estimate of drug-likeness (QED) is 0.582. The van der Waals surface area contributed by atoms with E-state index in [1.165, 1.54) is 5.56 Å². The van der Waals surface area contributed by atoms with Crippen molar-refractivity contribution in [1.82, 2.24) is 19.3 Å². The minimum Gasteiger partial charge on any atom is -0.496 e. The number of ether oxygens (including phenoxy) is 1. The van der Waals surface area contributed by atoms with Gasteiger partial charge in [-0.1, -0.05) is 13.8 Å². The first-order valence-electron chi connectivity index (χ1n) is 9.32. The third-order valence-corrected chi connectivity index (χ3v) is 5.21. The molecule has 0 aliphatic rings. The van der Waals surface area contributed by atoms with Crippen LogP contribution in [0.25, 0.3) is 28.0 Å². The smallest absolute Gasteiger partial charge is 0.348 e. The molecule has 0 amide bonds. The van der Waals surface area contributed by atoms with Crippen LogP contribution in [0, 0.1) is 6.92 Å². The predicted molar refractivity (Wildman–Crippen MR) is 111 cm³/mol. The number of aryl methyl sites for hydroxylation is 2. The normalized spacial score (nSPS) is 11.5. The largest absolute Gasteiger partial charge is 0.496 e. The molecule has 0 aliphatic carbocycles. The Morgan fingerprint density at radius 3 is 2.64 bits per heavy atom. The summed E-state index contributed by atoms with van der Waals surface area (Å²) >= 11 is 0. The molecule has 0 fully saturated rings. The molecule has 6 nitrogen and oxygen atoms in total. The van der Waals surface area contributed by atoms with Crippen molar-refractivity contribution in [3.63, 3.8) is 0 Å². The number of hydrogen-bond acceptors (Lipinski definition) is 3. The van der Waals surface area contributed by atoms with Crippen LogP contribution < -0.4 is 10.4 Å². The standard InChI is InChI=1S/C22H24N4O2/c1-13(2)17-10-15(6-9-20(17)28-5)21-23-24-22(27)26(21)16-7-8-19-18(11-16)14(3)12-25(19)4/h6-13H,1-5H3,(H,24,27). The van der Waals surface area contributed by atoms with E-state index in [9.17, 15) is 4.79 Å². The van der Waals surface area contributed by atoms with Gasteiger partial charge in [-0.2, -0.15) is 5.10 Å². The molecule has 28 heavy (non-hydrogen) atoms.